The topological polar surface area (TPSA) is 119 Å². The van der Waals surface area contributed by atoms with E-state index in [4.69, 9.17) is 16.3 Å². The van der Waals surface area contributed by atoms with Gasteiger partial charge in [0.25, 0.3) is 22.7 Å². The van der Waals surface area contributed by atoms with E-state index in [1.54, 1.807) is 0 Å². The van der Waals surface area contributed by atoms with Gasteiger partial charge < -0.3 is 10.1 Å². The van der Waals surface area contributed by atoms with Crippen LogP contribution in [0, 0.1) is 15.9 Å². The number of nitrogens with one attached hydrogen (secondary N) is 1. The van der Waals surface area contributed by atoms with Crippen molar-refractivity contribution in [3.8, 4) is 5.75 Å². The predicted molar refractivity (Wildman–Crippen MR) is 120 cm³/mol. The second-order valence-electron chi connectivity index (χ2n) is 6.81. The van der Waals surface area contributed by atoms with Crippen molar-refractivity contribution in [2.45, 2.75) is 13.0 Å². The first kappa shape index (κ1) is 24.2. The van der Waals surface area contributed by atoms with E-state index < -0.39 is 33.9 Å². The number of amides is 3. The van der Waals surface area contributed by atoms with E-state index in [1.807, 2.05) is 0 Å². The highest BCUT2D eigenvalue weighted by Crippen LogP contribution is 2.33. The number of carbonyl (C=O) groups is 3. The van der Waals surface area contributed by atoms with Crippen LogP contribution < -0.4 is 10.1 Å². The first-order chi connectivity index (χ1) is 15.7. The van der Waals surface area contributed by atoms with E-state index in [2.05, 4.69) is 5.32 Å². The van der Waals surface area contributed by atoms with Gasteiger partial charge in [0, 0.05) is 19.2 Å². The summed E-state index contributed by atoms with van der Waals surface area (Å²) in [5.41, 5.74) is 0.0287. The van der Waals surface area contributed by atoms with Gasteiger partial charge in [-0.15, -0.1) is 0 Å². The highest BCUT2D eigenvalue weighted by atomic mass is 35.5. The number of nitrogens with zero attached hydrogens (tertiary/aromatic N) is 2. The van der Waals surface area contributed by atoms with Crippen molar-refractivity contribution in [3.05, 3.63) is 73.9 Å². The molecule has 12 heteroatoms. The molecule has 3 rings (SSSR count). The van der Waals surface area contributed by atoms with Gasteiger partial charge >= 0.3 is 0 Å². The molecule has 1 atom stereocenters. The molecule has 1 heterocycles. The smallest absolute Gasteiger partial charge is 0.293 e. The van der Waals surface area contributed by atoms with Crippen molar-refractivity contribution in [1.82, 2.24) is 10.2 Å². The van der Waals surface area contributed by atoms with Crippen molar-refractivity contribution < 1.29 is 28.4 Å². The summed E-state index contributed by atoms with van der Waals surface area (Å²) in [6.07, 6.45) is 0.483. The van der Waals surface area contributed by atoms with Crippen LogP contribution in [0.5, 0.6) is 5.75 Å². The van der Waals surface area contributed by atoms with E-state index in [-0.39, 0.29) is 28.7 Å². The van der Waals surface area contributed by atoms with Gasteiger partial charge in [-0.05, 0) is 60.7 Å². The fourth-order valence-corrected chi connectivity index (χ4v) is 3.86. The molecular weight excluding hydrogens is 477 g/mol. The van der Waals surface area contributed by atoms with Crippen LogP contribution >= 0.6 is 23.4 Å². The summed E-state index contributed by atoms with van der Waals surface area (Å²) in [6, 6.07) is 9.22. The van der Waals surface area contributed by atoms with Gasteiger partial charge in [0.05, 0.1) is 9.83 Å². The van der Waals surface area contributed by atoms with Crippen molar-refractivity contribution in [2.24, 2.45) is 0 Å². The molecule has 0 saturated carbocycles. The second kappa shape index (κ2) is 10.5. The van der Waals surface area contributed by atoms with Crippen LogP contribution in [-0.4, -0.2) is 46.1 Å². The first-order valence-electron chi connectivity index (χ1n) is 9.55. The summed E-state index contributed by atoms with van der Waals surface area (Å²) in [5, 5.41) is 13.0. The summed E-state index contributed by atoms with van der Waals surface area (Å²) < 4.78 is 18.4. The normalized spacial score (nSPS) is 15.6. The number of nitro benzene ring substituents is 1. The molecule has 2 aromatic rings. The third-order valence-corrected chi connectivity index (χ3v) is 5.70. The van der Waals surface area contributed by atoms with Crippen LogP contribution in [0.3, 0.4) is 0 Å². The van der Waals surface area contributed by atoms with Gasteiger partial charge in [-0.3, -0.25) is 29.4 Å². The second-order valence-corrected chi connectivity index (χ2v) is 8.21. The van der Waals surface area contributed by atoms with Crippen molar-refractivity contribution in [1.29, 1.82) is 0 Å². The molecule has 0 aliphatic carbocycles. The van der Waals surface area contributed by atoms with Crippen LogP contribution in [0.1, 0.15) is 12.5 Å². The summed E-state index contributed by atoms with van der Waals surface area (Å²) in [5.74, 6) is -1.17. The van der Waals surface area contributed by atoms with Crippen molar-refractivity contribution in [2.75, 3.05) is 13.1 Å². The lowest BCUT2D eigenvalue weighted by molar-refractivity contribution is -0.384. The Morgan fingerprint density at radius 1 is 1.30 bits per heavy atom. The summed E-state index contributed by atoms with van der Waals surface area (Å²) >= 11 is 6.47. The van der Waals surface area contributed by atoms with Crippen LogP contribution in [0.2, 0.25) is 5.02 Å². The lowest BCUT2D eigenvalue weighted by Gasteiger charge is -2.16. The maximum absolute atomic E-state index is 12.9. The number of nitro groups is 1. The monoisotopic (exact) mass is 493 g/mol. The number of hydrogen-bond donors (Lipinski definition) is 1. The van der Waals surface area contributed by atoms with Gasteiger partial charge in [0.15, 0.2) is 6.10 Å². The summed E-state index contributed by atoms with van der Waals surface area (Å²) in [7, 11) is 0. The number of carbonyl (C=O) groups excluding carboxylic acids is 3. The van der Waals surface area contributed by atoms with Crippen LogP contribution in [-0.2, 0) is 9.59 Å². The summed E-state index contributed by atoms with van der Waals surface area (Å²) in [6.45, 7) is 1.43. The van der Waals surface area contributed by atoms with E-state index in [1.165, 1.54) is 55.5 Å². The minimum atomic E-state index is -0.883. The Morgan fingerprint density at radius 2 is 2.00 bits per heavy atom. The number of halogens is 2. The third kappa shape index (κ3) is 6.08. The number of benzene rings is 2. The molecule has 1 aliphatic rings. The zero-order chi connectivity index (χ0) is 24.1. The zero-order valence-electron chi connectivity index (χ0n) is 17.1. The third-order valence-electron chi connectivity index (χ3n) is 4.47. The molecule has 1 fully saturated rings. The Hall–Kier alpha value is -3.44. The zero-order valence-corrected chi connectivity index (χ0v) is 18.7. The molecule has 1 N–H and O–H groups in total. The van der Waals surface area contributed by atoms with E-state index in [0.29, 0.717) is 23.1 Å². The van der Waals surface area contributed by atoms with Crippen molar-refractivity contribution >= 4 is 52.2 Å². The fourth-order valence-electron chi connectivity index (χ4n) is 2.81. The predicted octanol–water partition coefficient (Wildman–Crippen LogP) is 4.01. The largest absolute Gasteiger partial charge is 0.481 e. The molecule has 3 amide bonds. The average Bonchev–Trinajstić information content (AvgIpc) is 3.03. The molecule has 1 saturated heterocycles. The molecule has 33 heavy (non-hydrogen) atoms. The van der Waals surface area contributed by atoms with Crippen LogP contribution in [0.15, 0.2) is 47.4 Å². The Bertz CT molecular complexity index is 1140. The molecule has 1 unspecified atom stereocenters. The van der Waals surface area contributed by atoms with Gasteiger partial charge in [-0.1, -0.05) is 17.7 Å². The molecule has 0 bridgehead atoms. The summed E-state index contributed by atoms with van der Waals surface area (Å²) in [4.78, 5) is 48.4. The maximum atomic E-state index is 12.9. The number of ether oxygens (including phenoxy) is 1. The van der Waals surface area contributed by atoms with Gasteiger partial charge in [-0.25, -0.2) is 4.39 Å². The molecule has 0 aromatic heterocycles. The minimum absolute atomic E-state index is 0.00626. The Balaban J connectivity index is 1.56. The van der Waals surface area contributed by atoms with Gasteiger partial charge in [0.2, 0.25) is 0 Å². The van der Waals surface area contributed by atoms with Gasteiger partial charge in [-0.2, -0.15) is 0 Å². The number of rotatable bonds is 8. The minimum Gasteiger partial charge on any atom is -0.481 e. The molecule has 1 aliphatic heterocycles. The number of hydrogen-bond acceptors (Lipinski definition) is 7. The molecule has 9 nitrogen and oxygen atoms in total. The maximum Gasteiger partial charge on any atom is 0.293 e. The Morgan fingerprint density at radius 3 is 2.67 bits per heavy atom. The van der Waals surface area contributed by atoms with E-state index in [0.717, 1.165) is 4.90 Å². The van der Waals surface area contributed by atoms with Crippen molar-refractivity contribution in [3.63, 3.8) is 0 Å². The quantitative estimate of drug-likeness (QED) is 0.335. The highest BCUT2D eigenvalue weighted by Gasteiger charge is 2.35. The fraction of sp³-hybridized carbons (Fsp3) is 0.190. The molecule has 0 radical (unpaired) electrons. The SMILES string of the molecule is CC(Oc1ccc(F)cc1)C(=O)NCCN1C(=O)S/C(=C\c2ccc(Cl)c([N+](=O)[O-])c2)C1=O. The number of imide groups is 1. The highest BCUT2D eigenvalue weighted by molar-refractivity contribution is 8.18. The Labute approximate surface area is 196 Å². The molecule has 172 valence electrons. The van der Waals surface area contributed by atoms with Crippen LogP contribution in [0.25, 0.3) is 6.08 Å². The standard InChI is InChI=1S/C21H17ClFN3O6S/c1-12(32-15-5-3-14(23)4-6-15)19(27)24-8-9-25-20(28)18(33-21(25)29)11-13-2-7-16(22)17(10-13)26(30)31/h2-7,10-12H,8-9H2,1H3,(H,24,27)/b18-11-. The number of thioether (sulfide) groups is 1. The van der Waals surface area contributed by atoms with E-state index >= 15 is 0 Å². The van der Waals surface area contributed by atoms with Crippen LogP contribution in [0.4, 0.5) is 14.9 Å². The Kier molecular flexibility index (Phi) is 7.67. The van der Waals surface area contributed by atoms with E-state index in [9.17, 15) is 28.9 Å². The van der Waals surface area contributed by atoms with Gasteiger partial charge in [0.1, 0.15) is 16.6 Å². The lowest BCUT2D eigenvalue weighted by atomic mass is 10.2. The first-order valence-corrected chi connectivity index (χ1v) is 10.7. The molecule has 0 spiro atoms. The molecular formula is C21H17ClFN3O6S. The average molecular weight is 494 g/mol. The lowest BCUT2D eigenvalue weighted by Crippen LogP contribution is -2.41. The molecule has 2 aromatic carbocycles.